The van der Waals surface area contributed by atoms with Crippen LogP contribution < -0.4 is 16.0 Å². The van der Waals surface area contributed by atoms with Gasteiger partial charge in [-0.25, -0.2) is 0 Å². The number of benzene rings is 2. The van der Waals surface area contributed by atoms with Gasteiger partial charge in [0.15, 0.2) is 0 Å². The van der Waals surface area contributed by atoms with Gasteiger partial charge in [-0.3, -0.25) is 24.1 Å². The highest BCUT2D eigenvalue weighted by Gasteiger charge is 2.41. The third-order valence-corrected chi connectivity index (χ3v) is 6.26. The van der Waals surface area contributed by atoms with Crippen molar-refractivity contribution < 1.29 is 32.3 Å². The molecule has 4 rings (SSSR count). The Morgan fingerprint density at radius 3 is 2.61 bits per heavy atom. The van der Waals surface area contributed by atoms with E-state index in [0.29, 0.717) is 24.2 Å². The van der Waals surface area contributed by atoms with Gasteiger partial charge in [0, 0.05) is 29.6 Å². The highest BCUT2D eigenvalue weighted by molar-refractivity contribution is 6.19. The topological polar surface area (TPSA) is 108 Å². The van der Waals surface area contributed by atoms with Crippen LogP contribution >= 0.6 is 0 Å². The quantitative estimate of drug-likeness (QED) is 0.472. The third-order valence-electron chi connectivity index (χ3n) is 6.26. The van der Waals surface area contributed by atoms with Gasteiger partial charge in [0.1, 0.15) is 11.7 Å². The standard InChI is InChI=1S/C27H25F3N4O4/c1-15-6-9-19(13-20(15)27(28,29)30)33-23(35)11-8-17-4-3-5-18(12-17)32-21-14-24(36)34(26(21)38)22-10-7-16(2)31-25(22)37/h3-6,9,12-14,22,32H,2,7-8,10-11H2,1H3,(H,31,37)(H,33,35). The van der Waals surface area contributed by atoms with Crippen molar-refractivity contribution in [2.75, 3.05) is 10.6 Å². The zero-order chi connectivity index (χ0) is 27.6. The zero-order valence-electron chi connectivity index (χ0n) is 20.4. The van der Waals surface area contributed by atoms with Crippen LogP contribution in [0, 0.1) is 6.92 Å². The Balaban J connectivity index is 1.36. The predicted octanol–water partition coefficient (Wildman–Crippen LogP) is 4.04. The van der Waals surface area contributed by atoms with Crippen molar-refractivity contribution in [3.63, 3.8) is 0 Å². The van der Waals surface area contributed by atoms with Crippen LogP contribution in [0.4, 0.5) is 24.5 Å². The molecule has 38 heavy (non-hydrogen) atoms. The Bertz CT molecular complexity index is 1370. The summed E-state index contributed by atoms with van der Waals surface area (Å²) in [5.41, 5.74) is 1.08. The molecular formula is C27H25F3N4O4. The summed E-state index contributed by atoms with van der Waals surface area (Å²) in [5, 5.41) is 7.95. The first-order valence-electron chi connectivity index (χ1n) is 11.8. The molecule has 2 heterocycles. The van der Waals surface area contributed by atoms with Crippen LogP contribution in [-0.2, 0) is 31.8 Å². The second-order valence-corrected chi connectivity index (χ2v) is 9.12. The van der Waals surface area contributed by atoms with E-state index < -0.39 is 41.4 Å². The van der Waals surface area contributed by atoms with Gasteiger partial charge in [-0.1, -0.05) is 24.8 Å². The van der Waals surface area contributed by atoms with E-state index in [1.165, 1.54) is 19.1 Å². The minimum absolute atomic E-state index is 0.00859. The lowest BCUT2D eigenvalue weighted by atomic mass is 10.0. The van der Waals surface area contributed by atoms with Crippen molar-refractivity contribution in [1.29, 1.82) is 0 Å². The Labute approximate surface area is 216 Å². The number of imide groups is 1. The fourth-order valence-corrected chi connectivity index (χ4v) is 4.32. The van der Waals surface area contributed by atoms with Crippen LogP contribution in [0.3, 0.4) is 0 Å². The van der Waals surface area contributed by atoms with Crippen molar-refractivity contribution in [3.05, 3.63) is 83.2 Å². The molecule has 0 bridgehead atoms. The van der Waals surface area contributed by atoms with Gasteiger partial charge in [-0.2, -0.15) is 13.2 Å². The molecule has 1 saturated heterocycles. The number of rotatable bonds is 7. The highest BCUT2D eigenvalue weighted by atomic mass is 19.4. The maximum absolute atomic E-state index is 13.1. The average Bonchev–Trinajstić information content (AvgIpc) is 3.11. The summed E-state index contributed by atoms with van der Waals surface area (Å²) >= 11 is 0. The summed E-state index contributed by atoms with van der Waals surface area (Å²) in [6, 6.07) is 9.53. The molecule has 198 valence electrons. The molecule has 3 N–H and O–H groups in total. The predicted molar refractivity (Wildman–Crippen MR) is 133 cm³/mol. The summed E-state index contributed by atoms with van der Waals surface area (Å²) in [7, 11) is 0. The first-order chi connectivity index (χ1) is 17.9. The summed E-state index contributed by atoms with van der Waals surface area (Å²) in [6.07, 6.45) is -2.34. The largest absolute Gasteiger partial charge is 0.416 e. The van der Waals surface area contributed by atoms with Crippen molar-refractivity contribution in [3.8, 4) is 0 Å². The zero-order valence-corrected chi connectivity index (χ0v) is 20.4. The van der Waals surface area contributed by atoms with Gasteiger partial charge in [-0.15, -0.1) is 0 Å². The number of aryl methyl sites for hydroxylation is 2. The smallest absolute Gasteiger partial charge is 0.351 e. The first kappa shape index (κ1) is 26.6. The Hall–Kier alpha value is -4.41. The Morgan fingerprint density at radius 2 is 1.89 bits per heavy atom. The van der Waals surface area contributed by atoms with E-state index in [9.17, 15) is 32.3 Å². The molecule has 0 radical (unpaired) electrons. The van der Waals surface area contributed by atoms with Crippen LogP contribution in [0.1, 0.15) is 36.0 Å². The molecule has 2 aliphatic heterocycles. The highest BCUT2D eigenvalue weighted by Crippen LogP contribution is 2.33. The van der Waals surface area contributed by atoms with Gasteiger partial charge >= 0.3 is 6.18 Å². The Kier molecular flexibility index (Phi) is 7.38. The molecule has 2 aliphatic rings. The van der Waals surface area contributed by atoms with E-state index in [0.717, 1.165) is 22.6 Å². The number of carbonyl (C=O) groups is 4. The van der Waals surface area contributed by atoms with Crippen LogP contribution in [-0.4, -0.2) is 34.6 Å². The van der Waals surface area contributed by atoms with E-state index in [2.05, 4.69) is 22.5 Å². The molecule has 4 amide bonds. The number of allylic oxidation sites excluding steroid dienone is 1. The molecule has 8 nitrogen and oxygen atoms in total. The molecule has 1 atom stereocenters. The second kappa shape index (κ2) is 10.5. The van der Waals surface area contributed by atoms with Gasteiger partial charge < -0.3 is 16.0 Å². The number of amides is 4. The van der Waals surface area contributed by atoms with E-state index in [-0.39, 0.29) is 29.8 Å². The minimum Gasteiger partial charge on any atom is -0.351 e. The Morgan fingerprint density at radius 1 is 1.13 bits per heavy atom. The lowest BCUT2D eigenvalue weighted by Gasteiger charge is -2.29. The minimum atomic E-state index is -4.52. The van der Waals surface area contributed by atoms with Gasteiger partial charge in [0.05, 0.1) is 5.56 Å². The molecule has 2 aromatic carbocycles. The maximum atomic E-state index is 13.1. The summed E-state index contributed by atoms with van der Waals surface area (Å²) in [4.78, 5) is 50.9. The molecule has 11 heteroatoms. The van der Waals surface area contributed by atoms with E-state index in [1.807, 2.05) is 0 Å². The molecular weight excluding hydrogens is 501 g/mol. The lowest BCUT2D eigenvalue weighted by molar-refractivity contribution is -0.146. The molecule has 2 aromatic rings. The fourth-order valence-electron chi connectivity index (χ4n) is 4.32. The molecule has 0 saturated carbocycles. The number of alkyl halides is 3. The number of nitrogens with one attached hydrogen (secondary N) is 3. The number of piperidine rings is 1. The number of hydrogen-bond acceptors (Lipinski definition) is 5. The van der Waals surface area contributed by atoms with Crippen LogP contribution in [0.5, 0.6) is 0 Å². The third kappa shape index (κ3) is 5.93. The number of carbonyl (C=O) groups excluding carboxylic acids is 4. The van der Waals surface area contributed by atoms with E-state index >= 15 is 0 Å². The summed E-state index contributed by atoms with van der Waals surface area (Å²) < 4.78 is 39.4. The molecule has 0 aliphatic carbocycles. The van der Waals surface area contributed by atoms with Crippen molar-refractivity contribution >= 4 is 35.0 Å². The van der Waals surface area contributed by atoms with Crippen molar-refractivity contribution in [2.24, 2.45) is 0 Å². The average molecular weight is 527 g/mol. The molecule has 0 spiro atoms. The van der Waals surface area contributed by atoms with Crippen molar-refractivity contribution in [1.82, 2.24) is 10.2 Å². The maximum Gasteiger partial charge on any atom is 0.416 e. The molecule has 1 unspecified atom stereocenters. The molecule has 1 fully saturated rings. The van der Waals surface area contributed by atoms with Crippen LogP contribution in [0.2, 0.25) is 0 Å². The van der Waals surface area contributed by atoms with Crippen LogP contribution in [0.15, 0.2) is 66.5 Å². The SMILES string of the molecule is C=C1CCC(N2C(=O)C=C(Nc3cccc(CCC(=O)Nc4ccc(C)c(C(F)(F)F)c4)c3)C2=O)C(=O)N1. The second-order valence-electron chi connectivity index (χ2n) is 9.12. The monoisotopic (exact) mass is 526 g/mol. The normalized spacial score (nSPS) is 17.8. The number of anilines is 2. The molecule has 0 aromatic heterocycles. The fraction of sp³-hybridized carbons (Fsp3) is 0.259. The van der Waals surface area contributed by atoms with Gasteiger partial charge in [-0.05, 0) is 61.6 Å². The van der Waals surface area contributed by atoms with Crippen LogP contribution in [0.25, 0.3) is 0 Å². The van der Waals surface area contributed by atoms with Gasteiger partial charge in [0.25, 0.3) is 11.8 Å². The summed E-state index contributed by atoms with van der Waals surface area (Å²) in [6.45, 7) is 5.04. The number of nitrogens with zero attached hydrogens (tertiary/aromatic N) is 1. The first-order valence-corrected chi connectivity index (χ1v) is 11.8. The summed E-state index contributed by atoms with van der Waals surface area (Å²) in [5.74, 6) is -2.13. The van der Waals surface area contributed by atoms with E-state index in [1.54, 1.807) is 24.3 Å². The number of halogens is 3. The van der Waals surface area contributed by atoms with Gasteiger partial charge in [0.2, 0.25) is 11.8 Å². The van der Waals surface area contributed by atoms with Crippen molar-refractivity contribution in [2.45, 2.75) is 44.8 Å². The number of hydrogen-bond donors (Lipinski definition) is 3. The lowest BCUT2D eigenvalue weighted by Crippen LogP contribution is -2.52. The van der Waals surface area contributed by atoms with E-state index in [4.69, 9.17) is 0 Å².